The predicted molar refractivity (Wildman–Crippen MR) is 111 cm³/mol. The molecule has 1 N–H and O–H groups in total. The molecule has 6 nitrogen and oxygen atoms in total. The van der Waals surface area contributed by atoms with E-state index in [0.717, 1.165) is 33.2 Å². The molecule has 3 rings (SSSR count). The van der Waals surface area contributed by atoms with Crippen molar-refractivity contribution >= 4 is 22.4 Å². The minimum atomic E-state index is -0.270. The second-order valence-corrected chi connectivity index (χ2v) is 7.65. The van der Waals surface area contributed by atoms with Gasteiger partial charge < -0.3 is 9.47 Å². The molecule has 7 heteroatoms. The maximum atomic E-state index is 12.3. The zero-order valence-electron chi connectivity index (χ0n) is 16.4. The Morgan fingerprint density at radius 1 is 1.14 bits per heavy atom. The maximum Gasteiger partial charge on any atom is 0.264 e. The molecule has 0 spiro atoms. The summed E-state index contributed by atoms with van der Waals surface area (Å²) in [7, 11) is 1.62. The van der Waals surface area contributed by atoms with Crippen molar-refractivity contribution in [1.82, 2.24) is 10.2 Å². The first-order chi connectivity index (χ1) is 13.5. The third kappa shape index (κ3) is 4.86. The van der Waals surface area contributed by atoms with Gasteiger partial charge in [-0.25, -0.2) is 0 Å². The molecule has 0 atom stereocenters. The Bertz CT molecular complexity index is 952. The molecule has 1 amide bonds. The Labute approximate surface area is 168 Å². The molecular weight excluding hydrogens is 374 g/mol. The monoisotopic (exact) mass is 397 g/mol. The van der Waals surface area contributed by atoms with Crippen molar-refractivity contribution in [2.24, 2.45) is 0 Å². The molecule has 3 aromatic rings. The Morgan fingerprint density at radius 2 is 1.89 bits per heavy atom. The van der Waals surface area contributed by atoms with Gasteiger partial charge in [0.15, 0.2) is 6.61 Å². The molecule has 0 aliphatic rings. The number of ether oxygens (including phenoxy) is 2. The first-order valence-corrected chi connectivity index (χ1v) is 9.79. The minimum absolute atomic E-state index is 0.0827. The van der Waals surface area contributed by atoms with E-state index >= 15 is 0 Å². The van der Waals surface area contributed by atoms with Crippen LogP contribution in [0.5, 0.6) is 11.5 Å². The summed E-state index contributed by atoms with van der Waals surface area (Å²) >= 11 is 1.31. The molecule has 0 saturated carbocycles. The van der Waals surface area contributed by atoms with E-state index in [9.17, 15) is 4.79 Å². The van der Waals surface area contributed by atoms with Crippen LogP contribution in [0.1, 0.15) is 30.9 Å². The van der Waals surface area contributed by atoms with E-state index in [2.05, 4.69) is 29.4 Å². The highest BCUT2D eigenvalue weighted by atomic mass is 32.1. The summed E-state index contributed by atoms with van der Waals surface area (Å²) in [6, 6.07) is 13.6. The zero-order valence-corrected chi connectivity index (χ0v) is 17.2. The second-order valence-electron chi connectivity index (χ2n) is 6.67. The lowest BCUT2D eigenvalue weighted by atomic mass is 10.0. The van der Waals surface area contributed by atoms with Gasteiger partial charge in [-0.15, -0.1) is 10.2 Å². The number of anilines is 1. The predicted octanol–water partition coefficient (Wildman–Crippen LogP) is 4.66. The van der Waals surface area contributed by atoms with Crippen LogP contribution < -0.4 is 14.8 Å². The standard InChI is InChI=1S/C21H23N3O3S/c1-13(2)17-10-5-14(3)11-18(17)27-12-19(25)22-21-24-23-20(28-21)15-6-8-16(26-4)9-7-15/h5-11,13H,12H2,1-4H3,(H,22,24,25). The van der Waals surface area contributed by atoms with E-state index in [1.165, 1.54) is 11.3 Å². The smallest absolute Gasteiger partial charge is 0.264 e. The number of hydrogen-bond donors (Lipinski definition) is 1. The first-order valence-electron chi connectivity index (χ1n) is 8.97. The van der Waals surface area contributed by atoms with Crippen LogP contribution in [0.15, 0.2) is 42.5 Å². The highest BCUT2D eigenvalue weighted by Crippen LogP contribution is 2.29. The van der Waals surface area contributed by atoms with Crippen molar-refractivity contribution in [3.8, 4) is 22.1 Å². The van der Waals surface area contributed by atoms with Crippen LogP contribution in [-0.2, 0) is 4.79 Å². The average Bonchev–Trinajstić information content (AvgIpc) is 3.14. The highest BCUT2D eigenvalue weighted by Gasteiger charge is 2.13. The van der Waals surface area contributed by atoms with Crippen LogP contribution in [0.25, 0.3) is 10.6 Å². The fourth-order valence-corrected chi connectivity index (χ4v) is 3.43. The van der Waals surface area contributed by atoms with Gasteiger partial charge in [0.25, 0.3) is 5.91 Å². The molecule has 1 aromatic heterocycles. The van der Waals surface area contributed by atoms with Gasteiger partial charge in [-0.3, -0.25) is 10.1 Å². The number of rotatable bonds is 7. The molecule has 0 aliphatic carbocycles. The van der Waals surface area contributed by atoms with E-state index in [1.54, 1.807) is 7.11 Å². The van der Waals surface area contributed by atoms with Gasteiger partial charge in [-0.1, -0.05) is 37.3 Å². The normalized spacial score (nSPS) is 10.8. The van der Waals surface area contributed by atoms with Crippen molar-refractivity contribution in [1.29, 1.82) is 0 Å². The van der Waals surface area contributed by atoms with E-state index in [1.807, 2.05) is 49.4 Å². The van der Waals surface area contributed by atoms with Gasteiger partial charge in [0, 0.05) is 5.56 Å². The molecule has 0 radical (unpaired) electrons. The van der Waals surface area contributed by atoms with Gasteiger partial charge >= 0.3 is 0 Å². The molecule has 2 aromatic carbocycles. The van der Waals surface area contributed by atoms with Crippen LogP contribution in [0, 0.1) is 6.92 Å². The summed E-state index contributed by atoms with van der Waals surface area (Å²) in [5.74, 6) is 1.56. The SMILES string of the molecule is COc1ccc(-c2nnc(NC(=O)COc3cc(C)ccc3C(C)C)s2)cc1. The number of aryl methyl sites for hydroxylation is 1. The number of hydrogen-bond acceptors (Lipinski definition) is 6. The number of carbonyl (C=O) groups excluding carboxylic acids is 1. The third-order valence-corrected chi connectivity index (χ3v) is 5.05. The Hall–Kier alpha value is -2.93. The molecule has 0 fully saturated rings. The van der Waals surface area contributed by atoms with Crippen molar-refractivity contribution < 1.29 is 14.3 Å². The maximum absolute atomic E-state index is 12.3. The van der Waals surface area contributed by atoms with Gasteiger partial charge in [0.05, 0.1) is 7.11 Å². The third-order valence-electron chi connectivity index (χ3n) is 4.16. The molecule has 146 valence electrons. The molecule has 0 saturated heterocycles. The van der Waals surface area contributed by atoms with Gasteiger partial charge in [-0.05, 0) is 54.3 Å². The Kier molecular flexibility index (Phi) is 6.26. The quantitative estimate of drug-likeness (QED) is 0.627. The summed E-state index contributed by atoms with van der Waals surface area (Å²) in [6.45, 7) is 6.11. The molecule has 0 aliphatic heterocycles. The summed E-state index contributed by atoms with van der Waals surface area (Å²) in [6.07, 6.45) is 0. The van der Waals surface area contributed by atoms with Crippen LogP contribution in [0.3, 0.4) is 0 Å². The molecule has 0 bridgehead atoms. The topological polar surface area (TPSA) is 73.3 Å². The number of benzene rings is 2. The minimum Gasteiger partial charge on any atom is -0.497 e. The van der Waals surface area contributed by atoms with Crippen molar-refractivity contribution in [3.63, 3.8) is 0 Å². The highest BCUT2D eigenvalue weighted by molar-refractivity contribution is 7.18. The summed E-state index contributed by atoms with van der Waals surface area (Å²) < 4.78 is 10.9. The number of nitrogens with zero attached hydrogens (tertiary/aromatic N) is 2. The zero-order chi connectivity index (χ0) is 20.1. The van der Waals surface area contributed by atoms with E-state index in [4.69, 9.17) is 9.47 Å². The Balaban J connectivity index is 1.61. The van der Waals surface area contributed by atoms with Crippen molar-refractivity contribution in [2.75, 3.05) is 19.0 Å². The molecule has 1 heterocycles. The van der Waals surface area contributed by atoms with E-state index in [-0.39, 0.29) is 12.5 Å². The Morgan fingerprint density at radius 3 is 2.57 bits per heavy atom. The van der Waals surface area contributed by atoms with Crippen LogP contribution in [-0.4, -0.2) is 29.8 Å². The first kappa shape index (κ1) is 19.8. The number of nitrogens with one attached hydrogen (secondary N) is 1. The number of aromatic nitrogens is 2. The summed E-state index contributed by atoms with van der Waals surface area (Å²) in [5, 5.41) is 12.1. The lowest BCUT2D eigenvalue weighted by Crippen LogP contribution is -2.20. The van der Waals surface area contributed by atoms with Crippen molar-refractivity contribution in [2.45, 2.75) is 26.7 Å². The van der Waals surface area contributed by atoms with Crippen LogP contribution in [0.4, 0.5) is 5.13 Å². The second kappa shape index (κ2) is 8.84. The fourth-order valence-electron chi connectivity index (χ4n) is 2.67. The van der Waals surface area contributed by atoms with E-state index < -0.39 is 0 Å². The van der Waals surface area contributed by atoms with Crippen LogP contribution >= 0.6 is 11.3 Å². The van der Waals surface area contributed by atoms with E-state index in [0.29, 0.717) is 11.0 Å². The van der Waals surface area contributed by atoms with Gasteiger partial charge in [0.1, 0.15) is 16.5 Å². The summed E-state index contributed by atoms with van der Waals surface area (Å²) in [4.78, 5) is 12.3. The molecule has 0 unspecified atom stereocenters. The largest absolute Gasteiger partial charge is 0.497 e. The molecule has 28 heavy (non-hydrogen) atoms. The number of carbonyl (C=O) groups is 1. The van der Waals surface area contributed by atoms with Gasteiger partial charge in [-0.2, -0.15) is 0 Å². The fraction of sp³-hybridized carbons (Fsp3) is 0.286. The average molecular weight is 398 g/mol. The summed E-state index contributed by atoms with van der Waals surface area (Å²) in [5.41, 5.74) is 3.08. The number of methoxy groups -OCH3 is 1. The van der Waals surface area contributed by atoms with Crippen molar-refractivity contribution in [3.05, 3.63) is 53.6 Å². The van der Waals surface area contributed by atoms with Crippen LogP contribution in [0.2, 0.25) is 0 Å². The lowest BCUT2D eigenvalue weighted by Gasteiger charge is -2.14. The lowest BCUT2D eigenvalue weighted by molar-refractivity contribution is -0.118. The molecular formula is C21H23N3O3S. The van der Waals surface area contributed by atoms with Gasteiger partial charge in [0.2, 0.25) is 5.13 Å². The number of amides is 1.